The topological polar surface area (TPSA) is 66.2 Å². The van der Waals surface area contributed by atoms with Gasteiger partial charge in [0.1, 0.15) is 11.6 Å². The highest BCUT2D eigenvalue weighted by atomic mass is 15.3. The molecule has 0 aromatic carbocycles. The van der Waals surface area contributed by atoms with Gasteiger partial charge in [-0.25, -0.2) is 10.8 Å². The van der Waals surface area contributed by atoms with Crippen molar-refractivity contribution in [1.29, 1.82) is 0 Å². The summed E-state index contributed by atoms with van der Waals surface area (Å²) < 4.78 is 0. The number of anilines is 2. The van der Waals surface area contributed by atoms with Crippen LogP contribution in [0.4, 0.5) is 11.6 Å². The third kappa shape index (κ3) is 5.01. The van der Waals surface area contributed by atoms with E-state index in [1.54, 1.807) is 0 Å². The molecule has 0 saturated carbocycles. The van der Waals surface area contributed by atoms with E-state index in [4.69, 9.17) is 5.84 Å². The molecule has 0 fully saturated rings. The zero-order valence-electron chi connectivity index (χ0n) is 11.1. The Hall–Kier alpha value is -1.33. The molecule has 96 valence electrons. The molecule has 1 aromatic rings. The quantitative estimate of drug-likeness (QED) is 0.515. The van der Waals surface area contributed by atoms with Gasteiger partial charge in [0.15, 0.2) is 0 Å². The first kappa shape index (κ1) is 13.7. The molecular weight excluding hydrogens is 214 g/mol. The summed E-state index contributed by atoms with van der Waals surface area (Å²) in [5.74, 6) is 6.83. The van der Waals surface area contributed by atoms with Crippen LogP contribution >= 0.6 is 0 Å². The summed E-state index contributed by atoms with van der Waals surface area (Å²) >= 11 is 0. The first-order chi connectivity index (χ1) is 7.93. The van der Waals surface area contributed by atoms with E-state index in [9.17, 15) is 0 Å². The van der Waals surface area contributed by atoms with Gasteiger partial charge in [0.2, 0.25) is 0 Å². The minimum atomic E-state index is 0.192. The second kappa shape index (κ2) is 5.84. The lowest BCUT2D eigenvalue weighted by Gasteiger charge is -2.28. The fourth-order valence-electron chi connectivity index (χ4n) is 1.86. The number of hydrazine groups is 1. The van der Waals surface area contributed by atoms with E-state index in [0.29, 0.717) is 5.82 Å². The molecule has 0 amide bonds. The summed E-state index contributed by atoms with van der Waals surface area (Å²) in [6, 6.07) is 5.69. The van der Waals surface area contributed by atoms with Crippen LogP contribution in [-0.2, 0) is 0 Å². The van der Waals surface area contributed by atoms with E-state index in [-0.39, 0.29) is 5.41 Å². The predicted octanol–water partition coefficient (Wildman–Crippen LogP) is 1.37. The number of nitrogens with two attached hydrogens (primary N) is 1. The van der Waals surface area contributed by atoms with E-state index in [2.05, 4.69) is 48.6 Å². The maximum Gasteiger partial charge on any atom is 0.142 e. The van der Waals surface area contributed by atoms with Crippen molar-refractivity contribution in [3.63, 3.8) is 0 Å². The van der Waals surface area contributed by atoms with Gasteiger partial charge in [-0.3, -0.25) is 0 Å². The molecule has 0 aliphatic rings. The van der Waals surface area contributed by atoms with Gasteiger partial charge in [-0.05, 0) is 31.6 Å². The number of hydrogen-bond acceptors (Lipinski definition) is 5. The fourth-order valence-corrected chi connectivity index (χ4v) is 1.86. The molecule has 5 heteroatoms. The Labute approximate surface area is 103 Å². The van der Waals surface area contributed by atoms with Crippen LogP contribution in [0.5, 0.6) is 0 Å². The van der Waals surface area contributed by atoms with Gasteiger partial charge in [0, 0.05) is 13.1 Å². The normalized spacial score (nSPS) is 11.6. The standard InChI is InChI=1S/C12H23N5/c1-12(2,9-17(3)4)8-14-10-6-5-7-11(15-10)16-13/h5-7H,8-9,13H2,1-4H3,(H2,14,15,16). The van der Waals surface area contributed by atoms with Crippen LogP contribution in [0.15, 0.2) is 18.2 Å². The van der Waals surface area contributed by atoms with Crippen molar-refractivity contribution in [2.75, 3.05) is 37.9 Å². The van der Waals surface area contributed by atoms with Crippen LogP contribution in [0.3, 0.4) is 0 Å². The Morgan fingerprint density at radius 1 is 1.29 bits per heavy atom. The molecule has 0 unspecified atom stereocenters. The molecule has 0 saturated heterocycles. The third-order valence-electron chi connectivity index (χ3n) is 2.39. The molecule has 0 radical (unpaired) electrons. The Balaban J connectivity index is 2.54. The molecule has 1 aromatic heterocycles. The molecule has 0 aliphatic carbocycles. The number of nitrogen functional groups attached to an aromatic ring is 1. The highest BCUT2D eigenvalue weighted by Gasteiger charge is 2.18. The summed E-state index contributed by atoms with van der Waals surface area (Å²) in [5, 5.41) is 3.33. The van der Waals surface area contributed by atoms with Crippen molar-refractivity contribution in [2.24, 2.45) is 11.3 Å². The molecule has 1 rings (SSSR count). The molecule has 5 nitrogen and oxygen atoms in total. The van der Waals surface area contributed by atoms with E-state index >= 15 is 0 Å². The number of nitrogens with one attached hydrogen (secondary N) is 2. The smallest absolute Gasteiger partial charge is 0.142 e. The van der Waals surface area contributed by atoms with Gasteiger partial charge in [0.25, 0.3) is 0 Å². The van der Waals surface area contributed by atoms with Crippen molar-refractivity contribution in [3.05, 3.63) is 18.2 Å². The predicted molar refractivity (Wildman–Crippen MR) is 72.9 cm³/mol. The van der Waals surface area contributed by atoms with Gasteiger partial charge < -0.3 is 15.6 Å². The highest BCUT2D eigenvalue weighted by molar-refractivity contribution is 5.44. The van der Waals surface area contributed by atoms with Crippen molar-refractivity contribution >= 4 is 11.6 Å². The van der Waals surface area contributed by atoms with Crippen molar-refractivity contribution in [1.82, 2.24) is 9.88 Å². The van der Waals surface area contributed by atoms with E-state index in [1.165, 1.54) is 0 Å². The summed E-state index contributed by atoms with van der Waals surface area (Å²) in [4.78, 5) is 6.50. The first-order valence-corrected chi connectivity index (χ1v) is 5.75. The molecular formula is C12H23N5. The number of pyridine rings is 1. The third-order valence-corrected chi connectivity index (χ3v) is 2.39. The zero-order valence-corrected chi connectivity index (χ0v) is 11.1. The van der Waals surface area contributed by atoms with E-state index in [0.717, 1.165) is 18.9 Å². The monoisotopic (exact) mass is 237 g/mol. The number of rotatable bonds is 6. The molecule has 0 spiro atoms. The second-order valence-electron chi connectivity index (χ2n) is 5.31. The lowest BCUT2D eigenvalue weighted by molar-refractivity contribution is 0.254. The van der Waals surface area contributed by atoms with Gasteiger partial charge in [-0.1, -0.05) is 19.9 Å². The molecule has 17 heavy (non-hydrogen) atoms. The summed E-state index contributed by atoms with van der Waals surface area (Å²) in [5.41, 5.74) is 2.73. The van der Waals surface area contributed by atoms with Crippen LogP contribution < -0.4 is 16.6 Å². The van der Waals surface area contributed by atoms with Gasteiger partial charge in [-0.2, -0.15) is 0 Å². The summed E-state index contributed by atoms with van der Waals surface area (Å²) in [6.07, 6.45) is 0. The lowest BCUT2D eigenvalue weighted by Crippen LogP contribution is -2.34. The minimum absolute atomic E-state index is 0.192. The minimum Gasteiger partial charge on any atom is -0.369 e. The molecule has 0 bridgehead atoms. The Bertz CT molecular complexity index is 349. The number of aromatic nitrogens is 1. The maximum absolute atomic E-state index is 5.32. The van der Waals surface area contributed by atoms with Gasteiger partial charge in [-0.15, -0.1) is 0 Å². The van der Waals surface area contributed by atoms with Crippen LogP contribution in [0.1, 0.15) is 13.8 Å². The Morgan fingerprint density at radius 2 is 1.94 bits per heavy atom. The average molecular weight is 237 g/mol. The fraction of sp³-hybridized carbons (Fsp3) is 0.583. The van der Waals surface area contributed by atoms with Crippen LogP contribution in [-0.4, -0.2) is 37.1 Å². The Kier molecular flexibility index (Phi) is 4.72. The van der Waals surface area contributed by atoms with Crippen LogP contribution in [0.25, 0.3) is 0 Å². The van der Waals surface area contributed by atoms with Crippen molar-refractivity contribution in [2.45, 2.75) is 13.8 Å². The van der Waals surface area contributed by atoms with E-state index < -0.39 is 0 Å². The largest absolute Gasteiger partial charge is 0.369 e. The molecule has 1 heterocycles. The summed E-state index contributed by atoms with van der Waals surface area (Å²) in [6.45, 7) is 6.34. The molecule has 4 N–H and O–H groups in total. The number of hydrogen-bond donors (Lipinski definition) is 3. The Morgan fingerprint density at radius 3 is 2.53 bits per heavy atom. The zero-order chi connectivity index (χ0) is 12.9. The number of nitrogens with zero attached hydrogens (tertiary/aromatic N) is 2. The molecule has 0 aliphatic heterocycles. The van der Waals surface area contributed by atoms with Gasteiger partial charge >= 0.3 is 0 Å². The first-order valence-electron chi connectivity index (χ1n) is 5.75. The van der Waals surface area contributed by atoms with Crippen molar-refractivity contribution in [3.8, 4) is 0 Å². The lowest BCUT2D eigenvalue weighted by atomic mass is 9.93. The maximum atomic E-state index is 5.32. The average Bonchev–Trinajstić information content (AvgIpc) is 2.25. The SMILES string of the molecule is CN(C)CC(C)(C)CNc1cccc(NN)n1. The van der Waals surface area contributed by atoms with Crippen LogP contribution in [0, 0.1) is 5.41 Å². The van der Waals surface area contributed by atoms with Crippen molar-refractivity contribution < 1.29 is 0 Å². The van der Waals surface area contributed by atoms with Crippen LogP contribution in [0.2, 0.25) is 0 Å². The summed E-state index contributed by atoms with van der Waals surface area (Å²) in [7, 11) is 4.16. The highest BCUT2D eigenvalue weighted by Crippen LogP contribution is 2.17. The molecule has 0 atom stereocenters. The van der Waals surface area contributed by atoms with E-state index in [1.807, 2.05) is 18.2 Å². The second-order valence-corrected chi connectivity index (χ2v) is 5.31. The van der Waals surface area contributed by atoms with Gasteiger partial charge in [0.05, 0.1) is 0 Å².